The summed E-state index contributed by atoms with van der Waals surface area (Å²) in [6.07, 6.45) is 1.28. The lowest BCUT2D eigenvalue weighted by atomic mass is 9.97. The molecule has 2 aliphatic heterocycles. The van der Waals surface area contributed by atoms with Crippen LogP contribution in [-0.2, 0) is 9.53 Å². The maximum absolute atomic E-state index is 12.6. The van der Waals surface area contributed by atoms with Crippen LogP contribution in [0.15, 0.2) is 24.3 Å². The summed E-state index contributed by atoms with van der Waals surface area (Å²) < 4.78 is 5.05. The van der Waals surface area contributed by atoms with Gasteiger partial charge in [-0.1, -0.05) is 0 Å². The minimum Gasteiger partial charge on any atom is -0.450 e. The highest BCUT2D eigenvalue weighted by Crippen LogP contribution is 2.22. The number of nitrogens with zero attached hydrogens (tertiary/aromatic N) is 3. The molecule has 0 aromatic heterocycles. The van der Waals surface area contributed by atoms with Gasteiger partial charge in [0.05, 0.1) is 12.5 Å². The zero-order valence-electron chi connectivity index (χ0n) is 16.3. The number of piperazine rings is 1. The zero-order valence-corrected chi connectivity index (χ0v) is 16.3. The van der Waals surface area contributed by atoms with Crippen molar-refractivity contribution in [3.63, 3.8) is 0 Å². The van der Waals surface area contributed by atoms with Crippen LogP contribution in [0, 0.1) is 5.92 Å². The predicted molar refractivity (Wildman–Crippen MR) is 106 cm³/mol. The Morgan fingerprint density at radius 3 is 2.48 bits per heavy atom. The summed E-state index contributed by atoms with van der Waals surface area (Å²) in [7, 11) is 2.14. The molecule has 0 spiro atoms. The van der Waals surface area contributed by atoms with Gasteiger partial charge in [-0.25, -0.2) is 4.79 Å². The van der Waals surface area contributed by atoms with Crippen molar-refractivity contribution in [3.8, 4) is 0 Å². The third kappa shape index (κ3) is 5.13. The van der Waals surface area contributed by atoms with Gasteiger partial charge in [-0.05, 0) is 51.1 Å². The number of carbonyl (C=O) groups is 2. The topological polar surface area (TPSA) is 65.1 Å². The summed E-state index contributed by atoms with van der Waals surface area (Å²) in [5, 5.41) is 3.00. The van der Waals surface area contributed by atoms with E-state index in [9.17, 15) is 9.59 Å². The lowest BCUT2D eigenvalue weighted by Crippen LogP contribution is -2.44. The summed E-state index contributed by atoms with van der Waals surface area (Å²) >= 11 is 0. The van der Waals surface area contributed by atoms with E-state index in [2.05, 4.69) is 34.3 Å². The molecule has 0 saturated carbocycles. The molecule has 1 aromatic rings. The standard InChI is InChI=1S/C20H30N4O3/c1-3-27-20(26)24-10-4-5-16(15-24)19(25)21-17-6-8-18(9-7-17)23-13-11-22(2)12-14-23/h6-9,16H,3-5,10-15H2,1-2H3,(H,21,25). The lowest BCUT2D eigenvalue weighted by molar-refractivity contribution is -0.121. The number of amides is 2. The molecule has 1 atom stereocenters. The van der Waals surface area contributed by atoms with Gasteiger partial charge >= 0.3 is 6.09 Å². The second kappa shape index (κ2) is 9.08. The maximum Gasteiger partial charge on any atom is 0.409 e. The van der Waals surface area contributed by atoms with Gasteiger partial charge < -0.3 is 24.8 Å². The molecule has 2 amide bonds. The molecule has 2 heterocycles. The third-order valence-corrected chi connectivity index (χ3v) is 5.32. The Morgan fingerprint density at radius 2 is 1.81 bits per heavy atom. The number of ether oxygens (including phenoxy) is 1. The number of likely N-dealkylation sites (N-methyl/N-ethyl adjacent to an activating group) is 1. The number of carbonyl (C=O) groups excluding carboxylic acids is 2. The SMILES string of the molecule is CCOC(=O)N1CCCC(C(=O)Nc2ccc(N3CCN(C)CC3)cc2)C1. The molecule has 2 fully saturated rings. The summed E-state index contributed by atoms with van der Waals surface area (Å²) in [5.41, 5.74) is 1.98. The number of piperidine rings is 1. The highest BCUT2D eigenvalue weighted by atomic mass is 16.6. The van der Waals surface area contributed by atoms with Gasteiger partial charge in [0.25, 0.3) is 0 Å². The minimum atomic E-state index is -0.327. The highest BCUT2D eigenvalue weighted by molar-refractivity contribution is 5.93. The van der Waals surface area contributed by atoms with Crippen LogP contribution in [0.3, 0.4) is 0 Å². The molecule has 7 nitrogen and oxygen atoms in total. The average Bonchev–Trinajstić information content (AvgIpc) is 2.69. The van der Waals surface area contributed by atoms with Crippen molar-refractivity contribution in [1.82, 2.24) is 9.80 Å². The molecule has 27 heavy (non-hydrogen) atoms. The first-order valence-corrected chi connectivity index (χ1v) is 9.83. The van der Waals surface area contributed by atoms with E-state index in [0.29, 0.717) is 19.7 Å². The molecule has 1 unspecified atom stereocenters. The number of benzene rings is 1. The van der Waals surface area contributed by atoms with E-state index in [1.54, 1.807) is 11.8 Å². The number of rotatable bonds is 4. The van der Waals surface area contributed by atoms with Crippen molar-refractivity contribution in [2.75, 3.05) is 63.1 Å². The largest absolute Gasteiger partial charge is 0.450 e. The summed E-state index contributed by atoms with van der Waals surface area (Å²) in [6, 6.07) is 8.04. The van der Waals surface area contributed by atoms with Crippen molar-refractivity contribution in [2.45, 2.75) is 19.8 Å². The molecule has 148 valence electrons. The molecule has 7 heteroatoms. The normalized spacial score (nSPS) is 21.0. The number of hydrogen-bond donors (Lipinski definition) is 1. The molecule has 0 radical (unpaired) electrons. The van der Waals surface area contributed by atoms with Crippen LogP contribution in [0.1, 0.15) is 19.8 Å². The van der Waals surface area contributed by atoms with Crippen LogP contribution in [0.4, 0.5) is 16.2 Å². The molecule has 2 saturated heterocycles. The van der Waals surface area contributed by atoms with E-state index in [-0.39, 0.29) is 17.9 Å². The Labute approximate surface area is 161 Å². The molecule has 2 aliphatic rings. The maximum atomic E-state index is 12.6. The van der Waals surface area contributed by atoms with E-state index < -0.39 is 0 Å². The van der Waals surface area contributed by atoms with Crippen LogP contribution in [0.2, 0.25) is 0 Å². The Bertz CT molecular complexity index is 641. The van der Waals surface area contributed by atoms with E-state index in [4.69, 9.17) is 4.74 Å². The average molecular weight is 374 g/mol. The molecule has 1 N–H and O–H groups in total. The van der Waals surface area contributed by atoms with Gasteiger partial charge in [0.2, 0.25) is 5.91 Å². The van der Waals surface area contributed by atoms with Crippen molar-refractivity contribution < 1.29 is 14.3 Å². The molecule has 1 aromatic carbocycles. The van der Waals surface area contributed by atoms with Gasteiger partial charge in [-0.15, -0.1) is 0 Å². The fraction of sp³-hybridized carbons (Fsp3) is 0.600. The van der Waals surface area contributed by atoms with Crippen molar-refractivity contribution in [3.05, 3.63) is 24.3 Å². The second-order valence-electron chi connectivity index (χ2n) is 7.31. The lowest BCUT2D eigenvalue weighted by Gasteiger charge is -2.34. The van der Waals surface area contributed by atoms with Crippen LogP contribution in [0.5, 0.6) is 0 Å². The number of hydrogen-bond acceptors (Lipinski definition) is 5. The fourth-order valence-corrected chi connectivity index (χ4v) is 3.64. The van der Waals surface area contributed by atoms with E-state index >= 15 is 0 Å². The predicted octanol–water partition coefficient (Wildman–Crippen LogP) is 2.25. The third-order valence-electron chi connectivity index (χ3n) is 5.32. The number of anilines is 2. The monoisotopic (exact) mass is 374 g/mol. The molecular weight excluding hydrogens is 344 g/mol. The highest BCUT2D eigenvalue weighted by Gasteiger charge is 2.29. The number of likely N-dealkylation sites (tertiary alicyclic amines) is 1. The molecular formula is C20H30N4O3. The van der Waals surface area contributed by atoms with Crippen molar-refractivity contribution >= 4 is 23.4 Å². The first-order chi connectivity index (χ1) is 13.1. The van der Waals surface area contributed by atoms with Crippen molar-refractivity contribution in [2.24, 2.45) is 5.92 Å². The van der Waals surface area contributed by atoms with Crippen LogP contribution >= 0.6 is 0 Å². The van der Waals surface area contributed by atoms with Crippen LogP contribution in [0.25, 0.3) is 0 Å². The van der Waals surface area contributed by atoms with Gasteiger partial charge in [0.1, 0.15) is 0 Å². The van der Waals surface area contributed by atoms with Crippen molar-refractivity contribution in [1.29, 1.82) is 0 Å². The summed E-state index contributed by atoms with van der Waals surface area (Å²) in [6.45, 7) is 7.40. The van der Waals surface area contributed by atoms with Gasteiger partial charge in [0, 0.05) is 50.6 Å². The van der Waals surface area contributed by atoms with Crippen LogP contribution < -0.4 is 10.2 Å². The van der Waals surface area contributed by atoms with Gasteiger partial charge in [-0.3, -0.25) is 4.79 Å². The zero-order chi connectivity index (χ0) is 19.2. The quantitative estimate of drug-likeness (QED) is 0.876. The van der Waals surface area contributed by atoms with Crippen LogP contribution in [-0.4, -0.2) is 74.7 Å². The summed E-state index contributed by atoms with van der Waals surface area (Å²) in [5.74, 6) is -0.225. The van der Waals surface area contributed by atoms with Gasteiger partial charge in [-0.2, -0.15) is 0 Å². The molecule has 3 rings (SSSR count). The Hall–Kier alpha value is -2.28. The Balaban J connectivity index is 1.53. The Kier molecular flexibility index (Phi) is 6.55. The van der Waals surface area contributed by atoms with E-state index in [0.717, 1.165) is 44.7 Å². The van der Waals surface area contributed by atoms with E-state index in [1.165, 1.54) is 5.69 Å². The Morgan fingerprint density at radius 1 is 1.11 bits per heavy atom. The first kappa shape index (κ1) is 19.5. The van der Waals surface area contributed by atoms with E-state index in [1.807, 2.05) is 12.1 Å². The smallest absolute Gasteiger partial charge is 0.409 e. The summed E-state index contributed by atoms with van der Waals surface area (Å²) in [4.78, 5) is 30.8. The van der Waals surface area contributed by atoms with Gasteiger partial charge in [0.15, 0.2) is 0 Å². The first-order valence-electron chi connectivity index (χ1n) is 9.83. The number of nitrogens with one attached hydrogen (secondary N) is 1. The second-order valence-corrected chi connectivity index (χ2v) is 7.31. The molecule has 0 aliphatic carbocycles. The minimum absolute atomic E-state index is 0.0312. The molecule has 0 bridgehead atoms. The fourth-order valence-electron chi connectivity index (χ4n) is 3.64.